The molecule has 0 aromatic heterocycles. The molecule has 0 unspecified atom stereocenters. The lowest BCUT2D eigenvalue weighted by molar-refractivity contribution is 0.175. The van der Waals surface area contributed by atoms with E-state index in [1.807, 2.05) is 0 Å². The average Bonchev–Trinajstić information content (AvgIpc) is 2.96. The fraction of sp³-hybridized carbons (Fsp3) is 0.300. The average molecular weight is 324 g/mol. The Kier molecular flexibility index (Phi) is 5.11. The highest BCUT2D eigenvalue weighted by Crippen LogP contribution is 2.46. The van der Waals surface area contributed by atoms with E-state index in [9.17, 15) is 0 Å². The van der Waals surface area contributed by atoms with Crippen LogP contribution in [-0.2, 0) is 8.85 Å². The summed E-state index contributed by atoms with van der Waals surface area (Å²) >= 11 is 0. The van der Waals surface area contributed by atoms with E-state index in [4.69, 9.17) is 8.85 Å². The molecule has 1 heterocycles. The Hall–Kier alpha value is -1.68. The molecule has 0 saturated carbocycles. The minimum Gasteiger partial charge on any atom is -0.393 e. The first-order valence-electron chi connectivity index (χ1n) is 8.38. The van der Waals surface area contributed by atoms with E-state index in [1.54, 1.807) is 0 Å². The van der Waals surface area contributed by atoms with Gasteiger partial charge in [0.05, 0.1) is 0 Å². The number of hydrogen-bond acceptors (Lipinski definition) is 2. The van der Waals surface area contributed by atoms with Gasteiger partial charge in [0.15, 0.2) is 0 Å². The molecule has 0 amide bonds. The molecule has 0 radical (unpaired) electrons. The first-order valence-corrected chi connectivity index (χ1v) is 10.3. The van der Waals surface area contributed by atoms with E-state index in [1.165, 1.54) is 11.1 Å². The van der Waals surface area contributed by atoms with Gasteiger partial charge in [-0.05, 0) is 25.0 Å². The lowest BCUT2D eigenvalue weighted by atomic mass is 10.1. The Morgan fingerprint density at radius 1 is 0.696 bits per heavy atom. The largest absolute Gasteiger partial charge is 0.393 e. The van der Waals surface area contributed by atoms with Crippen LogP contribution in [0.3, 0.4) is 0 Å². The first kappa shape index (κ1) is 16.2. The van der Waals surface area contributed by atoms with E-state index in [-0.39, 0.29) is 11.1 Å². The molecule has 0 aliphatic carbocycles. The molecule has 2 aromatic carbocycles. The summed E-state index contributed by atoms with van der Waals surface area (Å²) in [6.45, 7) is 5.49. The van der Waals surface area contributed by atoms with Crippen LogP contribution in [0.5, 0.6) is 0 Å². The zero-order valence-corrected chi connectivity index (χ0v) is 14.8. The maximum atomic E-state index is 6.42. The lowest BCUT2D eigenvalue weighted by Gasteiger charge is -2.37. The van der Waals surface area contributed by atoms with Crippen molar-refractivity contribution in [3.63, 3.8) is 0 Å². The van der Waals surface area contributed by atoms with Crippen LogP contribution in [0.4, 0.5) is 0 Å². The lowest BCUT2D eigenvalue weighted by Crippen LogP contribution is -2.50. The molecule has 0 fully saturated rings. The van der Waals surface area contributed by atoms with Gasteiger partial charge >= 0.3 is 8.56 Å². The second-order valence-corrected chi connectivity index (χ2v) is 9.01. The molecule has 3 rings (SSSR count). The van der Waals surface area contributed by atoms with Crippen LogP contribution in [0.15, 0.2) is 72.8 Å². The standard InChI is InChI=1S/C20H24O2Si/c1-3-21-23(22-4-2)19(17-11-7-5-8-12-17)15-16-20(23)18-13-9-6-10-14-18/h5-16,19-20H,3-4H2,1-2H3/t19-,20+. The number of rotatable bonds is 6. The third-order valence-electron chi connectivity index (χ3n) is 4.42. The van der Waals surface area contributed by atoms with Crippen LogP contribution >= 0.6 is 0 Å². The van der Waals surface area contributed by atoms with Crippen molar-refractivity contribution >= 4 is 8.56 Å². The van der Waals surface area contributed by atoms with Crippen molar-refractivity contribution in [1.82, 2.24) is 0 Å². The van der Waals surface area contributed by atoms with Crippen LogP contribution in [0.1, 0.15) is 36.1 Å². The van der Waals surface area contributed by atoms with Gasteiger partial charge in [0.1, 0.15) is 0 Å². The Morgan fingerprint density at radius 2 is 1.09 bits per heavy atom. The van der Waals surface area contributed by atoms with Gasteiger partial charge in [-0.3, -0.25) is 0 Å². The highest BCUT2D eigenvalue weighted by molar-refractivity contribution is 6.72. The van der Waals surface area contributed by atoms with E-state index >= 15 is 0 Å². The summed E-state index contributed by atoms with van der Waals surface area (Å²) in [7, 11) is -2.48. The van der Waals surface area contributed by atoms with Crippen LogP contribution in [0, 0.1) is 0 Å². The Morgan fingerprint density at radius 3 is 1.43 bits per heavy atom. The molecule has 1 aliphatic rings. The second kappa shape index (κ2) is 7.26. The monoisotopic (exact) mass is 324 g/mol. The molecule has 2 nitrogen and oxygen atoms in total. The van der Waals surface area contributed by atoms with E-state index in [0.29, 0.717) is 13.2 Å². The molecule has 0 N–H and O–H groups in total. The maximum absolute atomic E-state index is 6.42. The molecule has 2 atom stereocenters. The molecule has 0 spiro atoms. The van der Waals surface area contributed by atoms with E-state index in [2.05, 4.69) is 86.7 Å². The van der Waals surface area contributed by atoms with Gasteiger partial charge in [0.2, 0.25) is 0 Å². The molecular weight excluding hydrogens is 300 g/mol. The van der Waals surface area contributed by atoms with Crippen LogP contribution < -0.4 is 0 Å². The Labute approximate surface area is 140 Å². The molecule has 0 saturated heterocycles. The summed E-state index contributed by atoms with van der Waals surface area (Å²) in [5.41, 5.74) is 3.04. The van der Waals surface area contributed by atoms with Gasteiger partial charge in [-0.1, -0.05) is 72.8 Å². The fourth-order valence-electron chi connectivity index (χ4n) is 3.54. The third kappa shape index (κ3) is 3.04. The van der Waals surface area contributed by atoms with Crippen LogP contribution in [0.25, 0.3) is 0 Å². The number of benzene rings is 2. The van der Waals surface area contributed by atoms with Crippen molar-refractivity contribution in [2.75, 3.05) is 13.2 Å². The van der Waals surface area contributed by atoms with E-state index in [0.717, 1.165) is 0 Å². The van der Waals surface area contributed by atoms with Gasteiger partial charge in [-0.2, -0.15) is 0 Å². The van der Waals surface area contributed by atoms with Crippen molar-refractivity contribution in [3.05, 3.63) is 83.9 Å². The van der Waals surface area contributed by atoms with Gasteiger partial charge in [-0.15, -0.1) is 0 Å². The van der Waals surface area contributed by atoms with E-state index < -0.39 is 8.56 Å². The van der Waals surface area contributed by atoms with Crippen molar-refractivity contribution < 1.29 is 8.85 Å². The predicted octanol–water partition coefficient (Wildman–Crippen LogP) is 4.72. The summed E-state index contributed by atoms with van der Waals surface area (Å²) in [5.74, 6) is 0. The van der Waals surface area contributed by atoms with Crippen molar-refractivity contribution in [2.24, 2.45) is 0 Å². The quantitative estimate of drug-likeness (QED) is 0.565. The number of allylic oxidation sites excluding steroid dienone is 2. The summed E-state index contributed by atoms with van der Waals surface area (Å²) < 4.78 is 12.8. The van der Waals surface area contributed by atoms with Crippen molar-refractivity contribution in [1.29, 1.82) is 0 Å². The molecule has 1 aliphatic heterocycles. The molecule has 3 heteroatoms. The third-order valence-corrected chi connectivity index (χ3v) is 8.69. The normalized spacial score (nSPS) is 22.3. The predicted molar refractivity (Wildman–Crippen MR) is 96.5 cm³/mol. The highest BCUT2D eigenvalue weighted by Gasteiger charge is 2.55. The van der Waals surface area contributed by atoms with Crippen molar-refractivity contribution in [2.45, 2.75) is 24.9 Å². The first-order chi connectivity index (χ1) is 11.3. The molecule has 2 aromatic rings. The topological polar surface area (TPSA) is 18.5 Å². The summed E-state index contributed by atoms with van der Waals surface area (Å²) in [5, 5.41) is 0. The number of hydrogen-bond donors (Lipinski definition) is 0. The maximum Gasteiger partial charge on any atom is 0.361 e. The minimum atomic E-state index is -2.48. The van der Waals surface area contributed by atoms with Gasteiger partial charge in [0.25, 0.3) is 0 Å². The zero-order chi connectivity index (χ0) is 16.1. The molecule has 120 valence electrons. The Bertz CT molecular complexity index is 582. The van der Waals surface area contributed by atoms with Gasteiger partial charge < -0.3 is 8.85 Å². The highest BCUT2D eigenvalue weighted by atomic mass is 28.4. The SMILES string of the molecule is CCO[Si]1(OCC)[C@@H](c2ccccc2)C=C[C@H]1c1ccccc1. The second-order valence-electron chi connectivity index (χ2n) is 5.75. The minimum absolute atomic E-state index is 0.230. The summed E-state index contributed by atoms with van der Waals surface area (Å²) in [4.78, 5) is 0. The molecular formula is C20H24O2Si. The summed E-state index contributed by atoms with van der Waals surface area (Å²) in [6, 6.07) is 21.2. The fourth-order valence-corrected chi connectivity index (χ4v) is 7.71. The Balaban J connectivity index is 2.05. The molecule has 23 heavy (non-hydrogen) atoms. The summed E-state index contributed by atoms with van der Waals surface area (Å²) in [6.07, 6.45) is 4.59. The van der Waals surface area contributed by atoms with Crippen LogP contribution in [0.2, 0.25) is 0 Å². The van der Waals surface area contributed by atoms with Gasteiger partial charge in [0, 0.05) is 24.3 Å². The van der Waals surface area contributed by atoms with Crippen LogP contribution in [-0.4, -0.2) is 21.8 Å². The van der Waals surface area contributed by atoms with Gasteiger partial charge in [-0.25, -0.2) is 0 Å². The zero-order valence-electron chi connectivity index (χ0n) is 13.8. The molecule has 0 bridgehead atoms. The smallest absolute Gasteiger partial charge is 0.361 e. The van der Waals surface area contributed by atoms with Crippen molar-refractivity contribution in [3.8, 4) is 0 Å².